The van der Waals surface area contributed by atoms with Crippen LogP contribution in [0.15, 0.2) is 6.07 Å². The number of rotatable bonds is 0. The van der Waals surface area contributed by atoms with Crippen LogP contribution in [0.3, 0.4) is 0 Å². The summed E-state index contributed by atoms with van der Waals surface area (Å²) in [5, 5.41) is 0. The van der Waals surface area contributed by atoms with E-state index in [0.717, 1.165) is 0 Å². The molecule has 0 aromatic heterocycles. The molecule has 2 heteroatoms. The SMILES string of the molecule is CC(C)(C)[NH-].Cc1[cH-]c(C)c(C)c1C.[Ti+2]. The van der Waals surface area contributed by atoms with Gasteiger partial charge in [0.2, 0.25) is 0 Å². The molecule has 0 saturated heterocycles. The Morgan fingerprint density at radius 2 is 1.07 bits per heavy atom. The first-order valence-electron chi connectivity index (χ1n) is 5.08. The smallest absolute Gasteiger partial charge is 0.673 e. The summed E-state index contributed by atoms with van der Waals surface area (Å²) >= 11 is 0. The van der Waals surface area contributed by atoms with Crippen molar-refractivity contribution in [1.29, 1.82) is 0 Å². The van der Waals surface area contributed by atoms with Gasteiger partial charge in [-0.3, -0.25) is 0 Å². The average Bonchev–Trinajstić information content (AvgIpc) is 2.14. The molecule has 0 unspecified atom stereocenters. The predicted molar refractivity (Wildman–Crippen MR) is 65.1 cm³/mol. The van der Waals surface area contributed by atoms with Crippen LogP contribution < -0.4 is 0 Å². The fraction of sp³-hybridized carbons (Fsp3) is 0.615. The zero-order valence-electron chi connectivity index (χ0n) is 11.1. The summed E-state index contributed by atoms with van der Waals surface area (Å²) < 4.78 is 0. The van der Waals surface area contributed by atoms with Gasteiger partial charge in [0.05, 0.1) is 0 Å². The Labute approximate surface area is 110 Å². The zero-order valence-corrected chi connectivity index (χ0v) is 12.6. The summed E-state index contributed by atoms with van der Waals surface area (Å²) in [4.78, 5) is 0. The topological polar surface area (TPSA) is 23.8 Å². The quantitative estimate of drug-likeness (QED) is 0.472. The van der Waals surface area contributed by atoms with E-state index in [0.29, 0.717) is 0 Å². The van der Waals surface area contributed by atoms with Crippen molar-refractivity contribution in [2.24, 2.45) is 0 Å². The molecule has 0 atom stereocenters. The molecular formula is C13H23NTi. The molecular weight excluding hydrogens is 218 g/mol. The second-order valence-electron chi connectivity index (χ2n) is 5.01. The second kappa shape index (κ2) is 6.57. The molecule has 0 spiro atoms. The third-order valence-corrected chi connectivity index (χ3v) is 2.18. The van der Waals surface area contributed by atoms with E-state index in [1.54, 1.807) is 0 Å². The monoisotopic (exact) mass is 241 g/mol. The molecule has 84 valence electrons. The van der Waals surface area contributed by atoms with E-state index in [-0.39, 0.29) is 27.3 Å². The molecule has 0 radical (unpaired) electrons. The normalized spacial score (nSPS) is 10.1. The van der Waals surface area contributed by atoms with E-state index in [1.165, 1.54) is 22.3 Å². The number of nitrogens with one attached hydrogen (secondary N) is 1. The molecule has 0 amide bonds. The van der Waals surface area contributed by atoms with Gasteiger partial charge in [0.15, 0.2) is 0 Å². The zero-order chi connectivity index (χ0) is 11.5. The molecule has 1 aromatic carbocycles. The van der Waals surface area contributed by atoms with Crippen molar-refractivity contribution in [2.45, 2.75) is 54.0 Å². The molecule has 15 heavy (non-hydrogen) atoms. The Kier molecular flexibility index (Phi) is 7.63. The van der Waals surface area contributed by atoms with E-state index in [2.05, 4.69) is 33.8 Å². The van der Waals surface area contributed by atoms with Crippen molar-refractivity contribution in [2.75, 3.05) is 0 Å². The van der Waals surface area contributed by atoms with Gasteiger partial charge in [-0.1, -0.05) is 48.5 Å². The molecule has 0 bridgehead atoms. The van der Waals surface area contributed by atoms with Crippen LogP contribution in [0.25, 0.3) is 5.73 Å². The Hall–Kier alpha value is 0.0243. The van der Waals surface area contributed by atoms with E-state index in [9.17, 15) is 0 Å². The van der Waals surface area contributed by atoms with Gasteiger partial charge < -0.3 is 5.73 Å². The molecule has 0 saturated carbocycles. The average molecular weight is 241 g/mol. The summed E-state index contributed by atoms with van der Waals surface area (Å²) in [6, 6.07) is 2.24. The maximum Gasteiger partial charge on any atom is 2.00 e. The molecule has 1 nitrogen and oxygen atoms in total. The van der Waals surface area contributed by atoms with Crippen LogP contribution in [0.1, 0.15) is 43.0 Å². The molecule has 0 aliphatic rings. The largest absolute Gasteiger partial charge is 2.00 e. The minimum atomic E-state index is -0.250. The fourth-order valence-corrected chi connectivity index (χ4v) is 1.13. The van der Waals surface area contributed by atoms with Crippen molar-refractivity contribution in [3.63, 3.8) is 0 Å². The van der Waals surface area contributed by atoms with E-state index >= 15 is 0 Å². The van der Waals surface area contributed by atoms with Crippen molar-refractivity contribution in [3.05, 3.63) is 34.1 Å². The number of hydrogen-bond donors (Lipinski definition) is 0. The fourth-order valence-electron chi connectivity index (χ4n) is 1.13. The van der Waals surface area contributed by atoms with Crippen molar-refractivity contribution in [3.8, 4) is 0 Å². The van der Waals surface area contributed by atoms with Gasteiger partial charge in [0.25, 0.3) is 0 Å². The molecule has 0 fully saturated rings. The summed E-state index contributed by atoms with van der Waals surface area (Å²) in [5.74, 6) is 0. The third-order valence-electron chi connectivity index (χ3n) is 2.18. The van der Waals surface area contributed by atoms with E-state index < -0.39 is 0 Å². The van der Waals surface area contributed by atoms with Crippen molar-refractivity contribution >= 4 is 0 Å². The first kappa shape index (κ1) is 17.4. The van der Waals surface area contributed by atoms with Gasteiger partial charge in [0.1, 0.15) is 0 Å². The minimum absolute atomic E-state index is 0. The van der Waals surface area contributed by atoms with Crippen molar-refractivity contribution < 1.29 is 21.7 Å². The minimum Gasteiger partial charge on any atom is -0.673 e. The summed E-state index contributed by atoms with van der Waals surface area (Å²) in [5.41, 5.74) is 12.4. The summed E-state index contributed by atoms with van der Waals surface area (Å²) in [7, 11) is 0. The third kappa shape index (κ3) is 7.90. The first-order valence-corrected chi connectivity index (χ1v) is 5.08. The van der Waals surface area contributed by atoms with Crippen LogP contribution in [-0.4, -0.2) is 5.54 Å². The molecule has 1 aromatic rings. The van der Waals surface area contributed by atoms with E-state index in [4.69, 9.17) is 5.73 Å². The number of hydrogen-bond acceptors (Lipinski definition) is 0. The van der Waals surface area contributed by atoms with Crippen LogP contribution in [0.5, 0.6) is 0 Å². The van der Waals surface area contributed by atoms with Gasteiger partial charge in [-0.15, -0.1) is 5.54 Å². The van der Waals surface area contributed by atoms with Gasteiger partial charge in [-0.05, 0) is 0 Å². The summed E-state index contributed by atoms with van der Waals surface area (Å²) in [6.45, 7) is 14.2. The van der Waals surface area contributed by atoms with Crippen LogP contribution in [0.2, 0.25) is 0 Å². The van der Waals surface area contributed by atoms with Crippen LogP contribution in [0, 0.1) is 27.7 Å². The van der Waals surface area contributed by atoms with Crippen LogP contribution in [0.4, 0.5) is 0 Å². The van der Waals surface area contributed by atoms with E-state index in [1.807, 2.05) is 20.8 Å². The van der Waals surface area contributed by atoms with Gasteiger partial charge in [-0.25, -0.2) is 0 Å². The Morgan fingerprint density at radius 1 is 0.867 bits per heavy atom. The standard InChI is InChI=1S/C9H13.C4H10N.Ti/c1-6-5-7(2)9(4)8(6)3;1-4(2,3)5;/h5H,1-4H3;5H,1-3H3;/q2*-1;+2. The van der Waals surface area contributed by atoms with Gasteiger partial charge in [-0.2, -0.15) is 28.3 Å². The molecule has 0 aliphatic carbocycles. The maximum atomic E-state index is 6.94. The molecule has 0 aliphatic heterocycles. The Bertz CT molecular complexity index is 264. The van der Waals surface area contributed by atoms with Crippen molar-refractivity contribution in [1.82, 2.24) is 0 Å². The molecule has 0 heterocycles. The summed E-state index contributed by atoms with van der Waals surface area (Å²) in [6.07, 6.45) is 0. The van der Waals surface area contributed by atoms with Gasteiger partial charge >= 0.3 is 21.7 Å². The maximum absolute atomic E-state index is 6.94. The predicted octanol–water partition coefficient (Wildman–Crippen LogP) is 4.47. The molecule has 1 rings (SSSR count). The number of aryl methyl sites for hydroxylation is 2. The Morgan fingerprint density at radius 3 is 1.13 bits per heavy atom. The Balaban J connectivity index is 0. The molecule has 1 N–H and O–H groups in total. The van der Waals surface area contributed by atoms with Crippen LogP contribution >= 0.6 is 0 Å². The second-order valence-corrected chi connectivity index (χ2v) is 5.01. The first-order chi connectivity index (χ1) is 6.13. The van der Waals surface area contributed by atoms with Crippen LogP contribution in [-0.2, 0) is 21.7 Å². The van der Waals surface area contributed by atoms with Gasteiger partial charge in [0, 0.05) is 0 Å².